The van der Waals surface area contributed by atoms with Gasteiger partial charge in [0.15, 0.2) is 0 Å². The quantitative estimate of drug-likeness (QED) is 0.681. The van der Waals surface area contributed by atoms with Crippen LogP contribution in [0.3, 0.4) is 0 Å². The normalized spacial score (nSPS) is 17.0. The molecule has 1 unspecified atom stereocenters. The summed E-state index contributed by atoms with van der Waals surface area (Å²) in [5.41, 5.74) is 2.77. The second-order valence-corrected chi connectivity index (χ2v) is 6.03. The third kappa shape index (κ3) is 2.67. The number of carbonyl (C=O) groups is 1. The Kier molecular flexibility index (Phi) is 3.29. The van der Waals surface area contributed by atoms with Crippen molar-refractivity contribution >= 4 is 22.6 Å². The fraction of sp³-hybridized carbons (Fsp3) is 0.294. The highest BCUT2D eigenvalue weighted by Gasteiger charge is 2.21. The summed E-state index contributed by atoms with van der Waals surface area (Å²) < 4.78 is 2.13. The van der Waals surface area contributed by atoms with Crippen molar-refractivity contribution in [3.8, 4) is 0 Å². The van der Waals surface area contributed by atoms with E-state index in [1.54, 1.807) is 0 Å². The maximum Gasteiger partial charge on any atom is 0.319 e. The number of aromatic nitrogens is 3. The number of aryl methyl sites for hydroxylation is 2. The molecule has 1 aliphatic rings. The van der Waals surface area contributed by atoms with Gasteiger partial charge in [-0.3, -0.25) is 0 Å². The van der Waals surface area contributed by atoms with E-state index in [0.29, 0.717) is 0 Å². The molecule has 3 heterocycles. The van der Waals surface area contributed by atoms with Gasteiger partial charge in [-0.1, -0.05) is 12.1 Å². The highest BCUT2D eigenvalue weighted by atomic mass is 16.2. The van der Waals surface area contributed by atoms with Gasteiger partial charge in [-0.2, -0.15) is 0 Å². The first-order chi connectivity index (χ1) is 11.2. The molecule has 0 spiro atoms. The van der Waals surface area contributed by atoms with E-state index < -0.39 is 0 Å². The first-order valence-corrected chi connectivity index (χ1v) is 7.85. The molecule has 0 fully saturated rings. The molecule has 0 radical (unpaired) electrons. The van der Waals surface area contributed by atoms with Gasteiger partial charge in [-0.05, 0) is 25.5 Å². The van der Waals surface area contributed by atoms with Gasteiger partial charge in [0, 0.05) is 36.8 Å². The number of imidazole rings is 1. The van der Waals surface area contributed by atoms with Gasteiger partial charge in [0.2, 0.25) is 0 Å². The zero-order valence-electron chi connectivity index (χ0n) is 13.0. The number of benzene rings is 1. The first-order valence-electron chi connectivity index (χ1n) is 7.85. The lowest BCUT2D eigenvalue weighted by atomic mass is 10.1. The van der Waals surface area contributed by atoms with E-state index in [2.05, 4.69) is 25.2 Å². The number of aromatic amines is 1. The van der Waals surface area contributed by atoms with Crippen LogP contribution in [0.15, 0.2) is 36.7 Å². The minimum absolute atomic E-state index is 0.124. The van der Waals surface area contributed by atoms with E-state index >= 15 is 0 Å². The van der Waals surface area contributed by atoms with Crippen LogP contribution >= 0.6 is 0 Å². The molecule has 0 saturated carbocycles. The standard InChI is InChI=1S/C17H19N5O/c1-11-9-22-10-13(5-6-15(22)19-11)20-17(23)21-14-4-2-3-12-7-8-18-16(12)14/h2-4,7-9,13,18H,5-6,10H2,1H3,(H2,20,21,23). The summed E-state index contributed by atoms with van der Waals surface area (Å²) >= 11 is 0. The fourth-order valence-electron chi connectivity index (χ4n) is 3.24. The molecule has 1 aromatic carbocycles. The number of urea groups is 1. The van der Waals surface area contributed by atoms with Crippen LogP contribution in [0.2, 0.25) is 0 Å². The van der Waals surface area contributed by atoms with Gasteiger partial charge in [0.25, 0.3) is 0 Å². The molecule has 1 atom stereocenters. The third-order valence-corrected chi connectivity index (χ3v) is 4.28. The summed E-state index contributed by atoms with van der Waals surface area (Å²) in [6, 6.07) is 7.79. The van der Waals surface area contributed by atoms with Crippen molar-refractivity contribution in [2.75, 3.05) is 5.32 Å². The average Bonchev–Trinajstić information content (AvgIpc) is 3.12. The van der Waals surface area contributed by atoms with Gasteiger partial charge in [0.1, 0.15) is 5.82 Å². The van der Waals surface area contributed by atoms with E-state index in [1.807, 2.05) is 43.6 Å². The maximum atomic E-state index is 12.3. The summed E-state index contributed by atoms with van der Waals surface area (Å²) in [5, 5.41) is 7.09. The van der Waals surface area contributed by atoms with Crippen LogP contribution in [-0.4, -0.2) is 26.6 Å². The molecule has 3 aromatic rings. The van der Waals surface area contributed by atoms with Crippen molar-refractivity contribution in [2.24, 2.45) is 0 Å². The SMILES string of the molecule is Cc1cn2c(n1)CCC(NC(=O)Nc1cccc3cc[nH]c13)C2. The van der Waals surface area contributed by atoms with Gasteiger partial charge in [0.05, 0.1) is 16.9 Å². The molecule has 1 aliphatic heterocycles. The molecule has 6 heteroatoms. The number of anilines is 1. The molecule has 2 aromatic heterocycles. The minimum Gasteiger partial charge on any atom is -0.359 e. The zero-order valence-corrected chi connectivity index (χ0v) is 13.0. The van der Waals surface area contributed by atoms with Gasteiger partial charge < -0.3 is 20.2 Å². The van der Waals surface area contributed by atoms with Crippen LogP contribution in [0.4, 0.5) is 10.5 Å². The highest BCUT2D eigenvalue weighted by molar-refractivity contribution is 5.99. The number of hydrogen-bond acceptors (Lipinski definition) is 2. The number of amides is 2. The van der Waals surface area contributed by atoms with E-state index in [1.165, 1.54) is 0 Å². The van der Waals surface area contributed by atoms with Crippen molar-refractivity contribution in [3.63, 3.8) is 0 Å². The maximum absolute atomic E-state index is 12.3. The third-order valence-electron chi connectivity index (χ3n) is 4.28. The Morgan fingerprint density at radius 2 is 2.30 bits per heavy atom. The lowest BCUT2D eigenvalue weighted by Gasteiger charge is -2.24. The van der Waals surface area contributed by atoms with Crippen LogP contribution in [-0.2, 0) is 13.0 Å². The molecular weight excluding hydrogens is 290 g/mol. The Bertz CT molecular complexity index is 863. The van der Waals surface area contributed by atoms with Crippen LogP contribution in [0.25, 0.3) is 10.9 Å². The lowest BCUT2D eigenvalue weighted by Crippen LogP contribution is -2.42. The molecule has 4 rings (SSSR count). The summed E-state index contributed by atoms with van der Waals surface area (Å²) in [5.74, 6) is 1.11. The monoisotopic (exact) mass is 309 g/mol. The molecule has 0 saturated heterocycles. The Hall–Kier alpha value is -2.76. The number of hydrogen-bond donors (Lipinski definition) is 3. The topological polar surface area (TPSA) is 74.7 Å². The Morgan fingerprint density at radius 1 is 1.39 bits per heavy atom. The van der Waals surface area contributed by atoms with Gasteiger partial charge >= 0.3 is 6.03 Å². The summed E-state index contributed by atoms with van der Waals surface area (Å²) in [6.45, 7) is 2.77. The molecule has 118 valence electrons. The predicted molar refractivity (Wildman–Crippen MR) is 89.5 cm³/mol. The van der Waals surface area contributed by atoms with Crippen molar-refractivity contribution < 1.29 is 4.79 Å². The van der Waals surface area contributed by atoms with Crippen LogP contribution < -0.4 is 10.6 Å². The summed E-state index contributed by atoms with van der Waals surface area (Å²) in [7, 11) is 0. The van der Waals surface area contributed by atoms with Crippen LogP contribution in [0, 0.1) is 6.92 Å². The predicted octanol–water partition coefficient (Wildman–Crippen LogP) is 2.81. The molecular formula is C17H19N5O. The second kappa shape index (κ2) is 5.46. The molecule has 0 aliphatic carbocycles. The van der Waals surface area contributed by atoms with E-state index in [9.17, 15) is 4.79 Å². The minimum atomic E-state index is -0.169. The smallest absolute Gasteiger partial charge is 0.319 e. The van der Waals surface area contributed by atoms with Gasteiger partial charge in [-0.15, -0.1) is 0 Å². The zero-order chi connectivity index (χ0) is 15.8. The van der Waals surface area contributed by atoms with Crippen molar-refractivity contribution in [2.45, 2.75) is 32.4 Å². The molecule has 23 heavy (non-hydrogen) atoms. The summed E-state index contributed by atoms with van der Waals surface area (Å²) in [4.78, 5) is 20.0. The van der Waals surface area contributed by atoms with E-state index in [4.69, 9.17) is 0 Å². The number of H-pyrrole nitrogens is 1. The van der Waals surface area contributed by atoms with Crippen molar-refractivity contribution in [1.82, 2.24) is 19.9 Å². The molecule has 3 N–H and O–H groups in total. The number of rotatable bonds is 2. The van der Waals surface area contributed by atoms with Crippen LogP contribution in [0.1, 0.15) is 17.9 Å². The number of carbonyl (C=O) groups excluding carboxylic acids is 1. The fourth-order valence-corrected chi connectivity index (χ4v) is 3.24. The number of nitrogens with zero attached hydrogens (tertiary/aromatic N) is 2. The first kappa shape index (κ1) is 13.9. The van der Waals surface area contributed by atoms with Crippen molar-refractivity contribution in [3.05, 3.63) is 48.2 Å². The number of nitrogens with one attached hydrogen (secondary N) is 3. The van der Waals surface area contributed by atoms with Crippen LogP contribution in [0.5, 0.6) is 0 Å². The molecule has 2 amide bonds. The molecule has 0 bridgehead atoms. The van der Waals surface area contributed by atoms with E-state index in [-0.39, 0.29) is 12.1 Å². The number of fused-ring (bicyclic) bond motifs is 2. The van der Waals surface area contributed by atoms with Crippen molar-refractivity contribution in [1.29, 1.82) is 0 Å². The number of para-hydroxylation sites is 1. The Morgan fingerprint density at radius 3 is 3.22 bits per heavy atom. The summed E-state index contributed by atoms with van der Waals surface area (Å²) in [6.07, 6.45) is 5.72. The largest absolute Gasteiger partial charge is 0.359 e. The average molecular weight is 309 g/mol. The Labute approximate surface area is 133 Å². The Balaban J connectivity index is 1.44. The second-order valence-electron chi connectivity index (χ2n) is 6.03. The van der Waals surface area contributed by atoms with Gasteiger partial charge in [-0.25, -0.2) is 9.78 Å². The highest BCUT2D eigenvalue weighted by Crippen LogP contribution is 2.21. The lowest BCUT2D eigenvalue weighted by molar-refractivity contribution is 0.244. The molecule has 6 nitrogen and oxygen atoms in total. The van der Waals surface area contributed by atoms with E-state index in [0.717, 1.165) is 47.5 Å².